The van der Waals surface area contributed by atoms with Gasteiger partial charge in [0.2, 0.25) is 5.91 Å². The number of aromatic nitrogens is 2. The third kappa shape index (κ3) is 1.97. The van der Waals surface area contributed by atoms with E-state index < -0.39 is 0 Å². The molecule has 16 heavy (non-hydrogen) atoms. The van der Waals surface area contributed by atoms with E-state index in [4.69, 9.17) is 0 Å². The maximum absolute atomic E-state index is 11.8. The van der Waals surface area contributed by atoms with Crippen molar-refractivity contribution < 1.29 is 4.79 Å². The third-order valence-corrected chi connectivity index (χ3v) is 3.06. The Morgan fingerprint density at radius 1 is 1.62 bits per heavy atom. The van der Waals surface area contributed by atoms with Crippen LogP contribution < -0.4 is 5.32 Å². The molecule has 86 valence electrons. The molecule has 1 unspecified atom stereocenters. The minimum atomic E-state index is -0.198. The van der Waals surface area contributed by atoms with Gasteiger partial charge in [0.25, 0.3) is 0 Å². The van der Waals surface area contributed by atoms with Gasteiger partial charge >= 0.3 is 0 Å². The number of carbonyl (C=O) groups excluding carboxylic acids is 1. The van der Waals surface area contributed by atoms with Crippen LogP contribution in [0, 0.1) is 0 Å². The highest BCUT2D eigenvalue weighted by atomic mass is 32.2. The molecule has 2 heterocycles. The number of carbonyl (C=O) groups is 1. The van der Waals surface area contributed by atoms with Crippen molar-refractivity contribution in [2.45, 2.75) is 17.6 Å². The Hall–Kier alpha value is -1.30. The van der Waals surface area contributed by atoms with Crippen molar-refractivity contribution in [2.75, 3.05) is 25.7 Å². The number of nitrogens with one attached hydrogen (secondary N) is 1. The topological polar surface area (TPSA) is 58.1 Å². The molecule has 1 aromatic rings. The van der Waals surface area contributed by atoms with Crippen LogP contribution in [0.25, 0.3) is 0 Å². The van der Waals surface area contributed by atoms with Crippen molar-refractivity contribution in [3.8, 4) is 0 Å². The van der Waals surface area contributed by atoms with Crippen LogP contribution in [0.3, 0.4) is 0 Å². The lowest BCUT2D eigenvalue weighted by atomic mass is 10.2. The second-order valence-electron chi connectivity index (χ2n) is 3.85. The number of rotatable bonds is 2. The lowest BCUT2D eigenvalue weighted by Gasteiger charge is -2.15. The van der Waals surface area contributed by atoms with Crippen molar-refractivity contribution in [3.05, 3.63) is 11.9 Å². The zero-order valence-electron chi connectivity index (χ0n) is 9.52. The van der Waals surface area contributed by atoms with Gasteiger partial charge in [-0.2, -0.15) is 0 Å². The highest BCUT2D eigenvalue weighted by Crippen LogP contribution is 2.25. The molecular formula is C10H14N4OS. The summed E-state index contributed by atoms with van der Waals surface area (Å²) < 4.78 is 0. The van der Waals surface area contributed by atoms with Crippen LogP contribution in [0.1, 0.15) is 5.69 Å². The number of thioether (sulfide) groups is 1. The molecule has 1 amide bonds. The van der Waals surface area contributed by atoms with E-state index in [2.05, 4.69) is 15.3 Å². The van der Waals surface area contributed by atoms with Gasteiger partial charge in [0.1, 0.15) is 6.04 Å². The average molecular weight is 238 g/mol. The second kappa shape index (κ2) is 4.29. The van der Waals surface area contributed by atoms with Crippen LogP contribution in [0.5, 0.6) is 0 Å². The molecule has 0 saturated carbocycles. The standard InChI is InChI=1S/C10H14N4OS/c1-14(2)9(15)7-4-6-8(12-7)5-11-10(13-6)16-3/h5,7,12H,4H2,1-3H3. The van der Waals surface area contributed by atoms with Gasteiger partial charge in [0.05, 0.1) is 17.6 Å². The number of likely N-dealkylation sites (N-methyl/N-ethyl adjacent to an activating group) is 1. The minimum absolute atomic E-state index is 0.0729. The van der Waals surface area contributed by atoms with Gasteiger partial charge in [0.15, 0.2) is 5.16 Å². The fourth-order valence-electron chi connectivity index (χ4n) is 1.67. The number of nitrogens with zero attached hydrogens (tertiary/aromatic N) is 3. The monoisotopic (exact) mass is 238 g/mol. The summed E-state index contributed by atoms with van der Waals surface area (Å²) in [5, 5.41) is 3.89. The predicted molar refractivity (Wildman–Crippen MR) is 63.6 cm³/mol. The summed E-state index contributed by atoms with van der Waals surface area (Å²) in [6, 6.07) is -0.198. The molecule has 6 heteroatoms. The van der Waals surface area contributed by atoms with Crippen LogP contribution >= 0.6 is 11.8 Å². The zero-order valence-corrected chi connectivity index (χ0v) is 10.3. The fourth-order valence-corrected chi connectivity index (χ4v) is 2.03. The van der Waals surface area contributed by atoms with Crippen LogP contribution in [0.4, 0.5) is 5.69 Å². The maximum atomic E-state index is 11.8. The molecule has 5 nitrogen and oxygen atoms in total. The Morgan fingerprint density at radius 3 is 3.00 bits per heavy atom. The molecule has 1 atom stereocenters. The molecule has 0 fully saturated rings. The Labute approximate surface area is 98.6 Å². The summed E-state index contributed by atoms with van der Waals surface area (Å²) in [6.45, 7) is 0. The van der Waals surface area contributed by atoms with Crippen molar-refractivity contribution in [1.29, 1.82) is 0 Å². The first-order chi connectivity index (χ1) is 7.61. The molecule has 2 rings (SSSR count). The molecule has 0 spiro atoms. The van der Waals surface area contributed by atoms with Crippen molar-refractivity contribution in [3.63, 3.8) is 0 Å². The number of fused-ring (bicyclic) bond motifs is 1. The summed E-state index contributed by atoms with van der Waals surface area (Å²) in [5.41, 5.74) is 1.80. The van der Waals surface area contributed by atoms with E-state index in [1.54, 1.807) is 25.2 Å². The van der Waals surface area contributed by atoms with Crippen LogP contribution in [-0.4, -0.2) is 47.2 Å². The summed E-state index contributed by atoms with van der Waals surface area (Å²) >= 11 is 1.51. The second-order valence-corrected chi connectivity index (χ2v) is 4.62. The van der Waals surface area contributed by atoms with Crippen LogP contribution in [0.2, 0.25) is 0 Å². The average Bonchev–Trinajstić information content (AvgIpc) is 2.69. The van der Waals surface area contributed by atoms with Gasteiger partial charge < -0.3 is 10.2 Å². The number of anilines is 1. The van der Waals surface area contributed by atoms with E-state index in [9.17, 15) is 4.79 Å². The molecule has 1 aromatic heterocycles. The number of amides is 1. The smallest absolute Gasteiger partial charge is 0.244 e. The predicted octanol–water partition coefficient (Wildman–Crippen LogP) is 0.623. The fraction of sp³-hybridized carbons (Fsp3) is 0.500. The van der Waals surface area contributed by atoms with Crippen molar-refractivity contribution >= 4 is 23.4 Å². The Kier molecular flexibility index (Phi) is 3.00. The lowest BCUT2D eigenvalue weighted by molar-refractivity contribution is -0.129. The minimum Gasteiger partial charge on any atom is -0.371 e. The van der Waals surface area contributed by atoms with Gasteiger partial charge in [-0.15, -0.1) is 0 Å². The molecule has 0 saturated heterocycles. The molecule has 0 bridgehead atoms. The van der Waals surface area contributed by atoms with E-state index in [1.807, 2.05) is 6.26 Å². The van der Waals surface area contributed by atoms with E-state index in [0.717, 1.165) is 16.5 Å². The molecule has 1 N–H and O–H groups in total. The number of hydrogen-bond acceptors (Lipinski definition) is 5. The van der Waals surface area contributed by atoms with Gasteiger partial charge in [0, 0.05) is 20.5 Å². The van der Waals surface area contributed by atoms with Gasteiger partial charge in [-0.3, -0.25) is 4.79 Å². The first kappa shape index (κ1) is 11.2. The van der Waals surface area contributed by atoms with Crippen LogP contribution in [-0.2, 0) is 11.2 Å². The van der Waals surface area contributed by atoms with E-state index >= 15 is 0 Å². The Bertz CT molecular complexity index is 421. The molecule has 0 aliphatic carbocycles. The molecule has 1 aliphatic rings. The van der Waals surface area contributed by atoms with Gasteiger partial charge in [-0.05, 0) is 6.26 Å². The van der Waals surface area contributed by atoms with E-state index in [1.165, 1.54) is 11.8 Å². The summed E-state index contributed by atoms with van der Waals surface area (Å²) in [4.78, 5) is 21.9. The molecule has 0 radical (unpaired) electrons. The first-order valence-corrected chi connectivity index (χ1v) is 6.22. The maximum Gasteiger partial charge on any atom is 0.244 e. The zero-order chi connectivity index (χ0) is 11.7. The quantitative estimate of drug-likeness (QED) is 0.605. The normalized spacial score (nSPS) is 17.8. The van der Waals surface area contributed by atoms with Gasteiger partial charge in [-0.25, -0.2) is 9.97 Å². The molecule has 0 aromatic carbocycles. The summed E-state index contributed by atoms with van der Waals surface area (Å²) in [6.07, 6.45) is 4.33. The first-order valence-electron chi connectivity index (χ1n) is 4.99. The van der Waals surface area contributed by atoms with Crippen molar-refractivity contribution in [1.82, 2.24) is 14.9 Å². The molecular weight excluding hydrogens is 224 g/mol. The Morgan fingerprint density at radius 2 is 2.38 bits per heavy atom. The largest absolute Gasteiger partial charge is 0.371 e. The van der Waals surface area contributed by atoms with Gasteiger partial charge in [-0.1, -0.05) is 11.8 Å². The highest BCUT2D eigenvalue weighted by molar-refractivity contribution is 7.98. The van der Waals surface area contributed by atoms with Crippen molar-refractivity contribution in [2.24, 2.45) is 0 Å². The number of hydrogen-bond donors (Lipinski definition) is 1. The summed E-state index contributed by atoms with van der Waals surface area (Å²) in [5.74, 6) is 0.0729. The lowest BCUT2D eigenvalue weighted by Crippen LogP contribution is -2.37. The van der Waals surface area contributed by atoms with E-state index in [0.29, 0.717) is 6.42 Å². The Balaban J connectivity index is 2.18. The highest BCUT2D eigenvalue weighted by Gasteiger charge is 2.29. The third-order valence-electron chi connectivity index (χ3n) is 2.49. The molecule has 1 aliphatic heterocycles. The van der Waals surface area contributed by atoms with E-state index in [-0.39, 0.29) is 11.9 Å². The van der Waals surface area contributed by atoms with Crippen LogP contribution in [0.15, 0.2) is 11.4 Å². The summed E-state index contributed by atoms with van der Waals surface area (Å²) in [7, 11) is 3.51. The SMILES string of the molecule is CSc1ncc2c(n1)CC(C(=O)N(C)C)N2.